The van der Waals surface area contributed by atoms with Crippen LogP contribution in [0.2, 0.25) is 18.1 Å². The highest BCUT2D eigenvalue weighted by Gasteiger charge is 2.42. The van der Waals surface area contributed by atoms with Crippen LogP contribution < -0.4 is 4.74 Å². The highest BCUT2D eigenvalue weighted by molar-refractivity contribution is 6.74. The molecule has 0 aromatic heterocycles. The Morgan fingerprint density at radius 2 is 1.64 bits per heavy atom. The van der Waals surface area contributed by atoms with E-state index in [1.807, 2.05) is 46.0 Å². The number of nitrogens with zero attached hydrogens (tertiary/aromatic N) is 2. The Morgan fingerprint density at radius 1 is 1.16 bits per heavy atom. The van der Waals surface area contributed by atoms with E-state index in [2.05, 4.69) is 32.3 Å². The van der Waals surface area contributed by atoms with Gasteiger partial charge in [-0.3, -0.25) is 0 Å². The smallest absolute Gasteiger partial charge is 0.503 e. The number of rotatable bonds is 5. The van der Waals surface area contributed by atoms with E-state index in [1.54, 1.807) is 0 Å². The van der Waals surface area contributed by atoms with Crippen molar-refractivity contribution in [2.24, 2.45) is 0 Å². The number of hydrogen-bond acceptors (Lipinski definition) is 4. The fraction of sp³-hybridized carbons (Fsp3) is 0.474. The van der Waals surface area contributed by atoms with Crippen LogP contribution in [-0.2, 0) is 4.43 Å². The van der Waals surface area contributed by atoms with Crippen LogP contribution in [0.25, 0.3) is 4.98 Å². The van der Waals surface area contributed by atoms with E-state index in [-0.39, 0.29) is 16.5 Å². The molecule has 0 saturated heterocycles. The molecule has 0 radical (unpaired) electrons. The Morgan fingerprint density at radius 3 is 2.04 bits per heavy atom. The highest BCUT2D eigenvalue weighted by Crippen LogP contribution is 2.39. The standard InChI is InChI=1S/C19H28N2O3Si/c1-12-10-13(2)17(14(3)11-12)23-18(22)16(21-20)15(4)24-25(8,9)19(5,6)7/h10-11H,4H2,1-3,5-9H3/p+1/b18-16-. The number of aliphatic hydroxyl groups is 1. The Kier molecular flexibility index (Phi) is 6.08. The molecule has 25 heavy (non-hydrogen) atoms. The summed E-state index contributed by atoms with van der Waals surface area (Å²) in [4.78, 5) is 3.13. The predicted molar refractivity (Wildman–Crippen MR) is 103 cm³/mol. The lowest BCUT2D eigenvalue weighted by Gasteiger charge is -2.35. The molecule has 0 aliphatic rings. The van der Waals surface area contributed by atoms with Gasteiger partial charge in [0.15, 0.2) is 4.98 Å². The van der Waals surface area contributed by atoms with Crippen LogP contribution in [0.1, 0.15) is 37.5 Å². The zero-order chi connectivity index (χ0) is 19.6. The molecule has 0 fully saturated rings. The minimum atomic E-state index is -2.19. The highest BCUT2D eigenvalue weighted by atomic mass is 28.4. The maximum Gasteiger partial charge on any atom is 0.503 e. The number of diazo groups is 1. The Balaban J connectivity index is 3.17. The largest absolute Gasteiger partial charge is 0.538 e. The number of ether oxygens (including phenoxy) is 1. The summed E-state index contributed by atoms with van der Waals surface area (Å²) in [6.45, 7) is 19.9. The average molecular weight is 362 g/mol. The summed E-state index contributed by atoms with van der Waals surface area (Å²) in [5, 5.41) is 19.6. The number of hydrogen-bond donors (Lipinski definition) is 1. The van der Waals surface area contributed by atoms with E-state index in [9.17, 15) is 10.5 Å². The predicted octanol–water partition coefficient (Wildman–Crippen LogP) is 6.11. The van der Waals surface area contributed by atoms with Crippen LogP contribution in [0.3, 0.4) is 0 Å². The first-order valence-electron chi connectivity index (χ1n) is 8.22. The van der Waals surface area contributed by atoms with Crippen molar-refractivity contribution < 1.29 is 14.3 Å². The SMILES string of the molecule is C=C(O[Si](C)(C)C(C)(C)C)/C([N+]#N)=C(\O)Oc1c(C)cc(C)cc1C. The van der Waals surface area contributed by atoms with E-state index in [0.717, 1.165) is 16.7 Å². The third-order valence-corrected chi connectivity index (χ3v) is 8.92. The Labute approximate surface area is 151 Å². The summed E-state index contributed by atoms with van der Waals surface area (Å²) in [5.74, 6) is 0.0691. The van der Waals surface area contributed by atoms with Gasteiger partial charge in [-0.25, -0.2) is 0 Å². The molecule has 0 heterocycles. The van der Waals surface area contributed by atoms with Crippen LogP contribution in [0, 0.1) is 26.2 Å². The van der Waals surface area contributed by atoms with Crippen molar-refractivity contribution in [2.45, 2.75) is 59.7 Å². The fourth-order valence-corrected chi connectivity index (χ4v) is 3.22. The van der Waals surface area contributed by atoms with Gasteiger partial charge in [-0.1, -0.05) is 38.5 Å². The van der Waals surface area contributed by atoms with Crippen molar-refractivity contribution in [3.63, 3.8) is 0 Å². The van der Waals surface area contributed by atoms with Gasteiger partial charge in [0.2, 0.25) is 11.2 Å². The molecular weight excluding hydrogens is 332 g/mol. The molecule has 1 rings (SSSR count). The van der Waals surface area contributed by atoms with Crippen LogP contribution in [0.15, 0.2) is 36.1 Å². The zero-order valence-electron chi connectivity index (χ0n) is 16.5. The van der Waals surface area contributed by atoms with Crippen LogP contribution in [0.5, 0.6) is 5.75 Å². The molecule has 0 bridgehead atoms. The lowest BCUT2D eigenvalue weighted by Crippen LogP contribution is -2.40. The summed E-state index contributed by atoms with van der Waals surface area (Å²) in [6.07, 6.45) is 0. The van der Waals surface area contributed by atoms with Crippen molar-refractivity contribution in [3.05, 3.63) is 57.8 Å². The van der Waals surface area contributed by atoms with E-state index in [0.29, 0.717) is 5.75 Å². The number of aliphatic hydroxyl groups excluding tert-OH is 1. The molecule has 136 valence electrons. The molecule has 0 spiro atoms. The van der Waals surface area contributed by atoms with Crippen molar-refractivity contribution >= 4 is 8.32 Å². The molecule has 0 amide bonds. The van der Waals surface area contributed by atoms with E-state index >= 15 is 0 Å². The molecule has 0 atom stereocenters. The van der Waals surface area contributed by atoms with E-state index in [4.69, 9.17) is 9.16 Å². The second kappa shape index (κ2) is 7.32. The molecule has 5 nitrogen and oxygen atoms in total. The first-order chi connectivity index (χ1) is 11.3. The molecule has 0 saturated carbocycles. The summed E-state index contributed by atoms with van der Waals surface area (Å²) in [5.41, 5.74) is 2.64. The van der Waals surface area contributed by atoms with E-state index in [1.165, 1.54) is 0 Å². The molecule has 1 aromatic rings. The third kappa shape index (κ3) is 4.86. The van der Waals surface area contributed by atoms with Crippen molar-refractivity contribution in [1.82, 2.24) is 0 Å². The van der Waals surface area contributed by atoms with Crippen molar-refractivity contribution in [3.8, 4) is 5.75 Å². The van der Waals surface area contributed by atoms with E-state index < -0.39 is 14.3 Å². The minimum absolute atomic E-state index is 0.0584. The second-order valence-electron chi connectivity index (χ2n) is 7.87. The quantitative estimate of drug-likeness (QED) is 0.297. The van der Waals surface area contributed by atoms with Crippen LogP contribution in [0.4, 0.5) is 0 Å². The maximum absolute atomic E-state index is 10.3. The monoisotopic (exact) mass is 361 g/mol. The van der Waals surface area contributed by atoms with Crippen molar-refractivity contribution in [2.75, 3.05) is 0 Å². The summed E-state index contributed by atoms with van der Waals surface area (Å²) in [7, 11) is -2.19. The summed E-state index contributed by atoms with van der Waals surface area (Å²) >= 11 is 0. The number of benzene rings is 1. The van der Waals surface area contributed by atoms with Gasteiger partial charge < -0.3 is 14.3 Å². The van der Waals surface area contributed by atoms with Gasteiger partial charge in [-0.2, -0.15) is 0 Å². The van der Waals surface area contributed by atoms with Crippen LogP contribution in [-0.4, -0.2) is 13.4 Å². The van der Waals surface area contributed by atoms with Gasteiger partial charge in [0.05, 0.1) is 0 Å². The molecular formula is C19H29N2O3Si+. The van der Waals surface area contributed by atoms with Gasteiger partial charge in [-0.15, -0.1) is 0 Å². The van der Waals surface area contributed by atoms with Gasteiger partial charge >= 0.3 is 11.6 Å². The van der Waals surface area contributed by atoms with Gasteiger partial charge in [0.25, 0.3) is 8.32 Å². The normalized spacial score (nSPS) is 12.9. The molecule has 6 heteroatoms. The lowest BCUT2D eigenvalue weighted by atomic mass is 10.1. The van der Waals surface area contributed by atoms with Gasteiger partial charge in [0, 0.05) is 0 Å². The number of aryl methyl sites for hydroxylation is 3. The second-order valence-corrected chi connectivity index (χ2v) is 12.6. The molecule has 0 aliphatic heterocycles. The molecule has 0 aliphatic carbocycles. The Hall–Kier alpha value is -2.26. The summed E-state index contributed by atoms with van der Waals surface area (Å²) in [6, 6.07) is 3.90. The van der Waals surface area contributed by atoms with Gasteiger partial charge in [0.1, 0.15) is 5.75 Å². The minimum Gasteiger partial charge on any atom is -0.538 e. The third-order valence-electron chi connectivity index (χ3n) is 4.55. The Bertz CT molecular complexity index is 730. The van der Waals surface area contributed by atoms with Crippen molar-refractivity contribution in [1.29, 1.82) is 5.39 Å². The molecule has 1 N–H and O–H groups in total. The lowest BCUT2D eigenvalue weighted by molar-refractivity contribution is 0.199. The van der Waals surface area contributed by atoms with Gasteiger partial charge in [-0.05, 0) is 56.6 Å². The molecule has 0 unspecified atom stereocenters. The summed E-state index contributed by atoms with van der Waals surface area (Å²) < 4.78 is 11.5. The van der Waals surface area contributed by atoms with Crippen LogP contribution >= 0.6 is 0 Å². The zero-order valence-corrected chi connectivity index (χ0v) is 17.5. The average Bonchev–Trinajstić information content (AvgIpc) is 2.41. The fourth-order valence-electron chi connectivity index (χ4n) is 2.20. The molecule has 1 aromatic carbocycles. The maximum atomic E-state index is 10.3. The first kappa shape index (κ1) is 20.8. The first-order valence-corrected chi connectivity index (χ1v) is 11.1. The topological polar surface area (TPSA) is 66.8 Å².